The topological polar surface area (TPSA) is 185 Å². The Kier molecular flexibility index (Phi) is 9.92. The number of nitrogens with zero attached hydrogens (tertiary/aromatic N) is 1. The molecular formula is C25H33N5O7. The second kappa shape index (κ2) is 13.3. The molecule has 2 aromatic rings. The Morgan fingerprint density at radius 3 is 2.16 bits per heavy atom. The molecule has 0 bridgehead atoms. The van der Waals surface area contributed by atoms with E-state index in [1.807, 2.05) is 0 Å². The first-order chi connectivity index (χ1) is 17.8. The Morgan fingerprint density at radius 1 is 0.838 bits per heavy atom. The van der Waals surface area contributed by atoms with Gasteiger partial charge in [0.1, 0.15) is 6.10 Å². The maximum absolute atomic E-state index is 12.5. The molecule has 1 heterocycles. The van der Waals surface area contributed by atoms with Gasteiger partial charge in [0.2, 0.25) is 11.8 Å². The SMILES string of the molecule is CC1OC(c2cccc(O)c2O)=NC1C(=O)NCCNCCCNCCNC(=O)c1cccc(O)c1O. The fourth-order valence-electron chi connectivity index (χ4n) is 3.65. The van der Waals surface area contributed by atoms with Crippen LogP contribution in [0.5, 0.6) is 23.0 Å². The van der Waals surface area contributed by atoms with Gasteiger partial charge in [-0.1, -0.05) is 12.1 Å². The van der Waals surface area contributed by atoms with Crippen molar-refractivity contribution in [2.24, 2.45) is 4.99 Å². The number of hydrogen-bond donors (Lipinski definition) is 8. The number of phenols is 4. The van der Waals surface area contributed by atoms with Crippen LogP contribution < -0.4 is 21.3 Å². The number of rotatable bonds is 13. The van der Waals surface area contributed by atoms with Gasteiger partial charge in [0.15, 0.2) is 29.0 Å². The third-order valence-electron chi connectivity index (χ3n) is 5.67. The third kappa shape index (κ3) is 7.48. The van der Waals surface area contributed by atoms with Gasteiger partial charge in [-0.25, -0.2) is 4.99 Å². The smallest absolute Gasteiger partial charge is 0.255 e. The van der Waals surface area contributed by atoms with Crippen molar-refractivity contribution < 1.29 is 34.8 Å². The fraction of sp³-hybridized carbons (Fsp3) is 0.400. The van der Waals surface area contributed by atoms with E-state index >= 15 is 0 Å². The molecule has 1 aliphatic heterocycles. The lowest BCUT2D eigenvalue weighted by Gasteiger charge is -2.13. The van der Waals surface area contributed by atoms with Gasteiger partial charge in [-0.2, -0.15) is 0 Å². The predicted octanol–water partition coefficient (Wildman–Crippen LogP) is 0.158. The van der Waals surface area contributed by atoms with Gasteiger partial charge in [-0.05, 0) is 50.7 Å². The zero-order chi connectivity index (χ0) is 26.8. The molecule has 0 aromatic heterocycles. The number of phenolic OH excluding ortho intramolecular Hbond substituents is 4. The van der Waals surface area contributed by atoms with Crippen LogP contribution in [0.1, 0.15) is 29.3 Å². The highest BCUT2D eigenvalue weighted by molar-refractivity contribution is 6.01. The van der Waals surface area contributed by atoms with Crippen LogP contribution in [-0.2, 0) is 9.53 Å². The van der Waals surface area contributed by atoms with Crippen LogP contribution in [0, 0.1) is 0 Å². The van der Waals surface area contributed by atoms with Crippen molar-refractivity contribution in [3.63, 3.8) is 0 Å². The van der Waals surface area contributed by atoms with E-state index in [9.17, 15) is 30.0 Å². The Bertz CT molecular complexity index is 1120. The van der Waals surface area contributed by atoms with Gasteiger partial charge in [-0.15, -0.1) is 0 Å². The number of benzene rings is 2. The van der Waals surface area contributed by atoms with Crippen molar-refractivity contribution in [3.05, 3.63) is 47.5 Å². The first kappa shape index (κ1) is 27.6. The van der Waals surface area contributed by atoms with Crippen LogP contribution in [0.25, 0.3) is 0 Å². The van der Waals surface area contributed by atoms with Gasteiger partial charge in [0.25, 0.3) is 5.91 Å². The molecule has 0 radical (unpaired) electrons. The Hall–Kier alpha value is -4.03. The molecule has 37 heavy (non-hydrogen) atoms. The number of hydrogen-bond acceptors (Lipinski definition) is 10. The zero-order valence-corrected chi connectivity index (χ0v) is 20.5. The summed E-state index contributed by atoms with van der Waals surface area (Å²) in [7, 11) is 0. The lowest BCUT2D eigenvalue weighted by molar-refractivity contribution is -0.123. The third-order valence-corrected chi connectivity index (χ3v) is 5.67. The highest BCUT2D eigenvalue weighted by Gasteiger charge is 2.34. The van der Waals surface area contributed by atoms with Crippen molar-refractivity contribution >= 4 is 17.7 Å². The van der Waals surface area contributed by atoms with E-state index in [1.165, 1.54) is 24.3 Å². The molecule has 2 unspecified atom stereocenters. The summed E-state index contributed by atoms with van der Waals surface area (Å²) >= 11 is 0. The van der Waals surface area contributed by atoms with E-state index in [4.69, 9.17) is 4.74 Å². The molecule has 0 saturated heterocycles. The molecule has 12 heteroatoms. The summed E-state index contributed by atoms with van der Waals surface area (Å²) in [5, 5.41) is 50.7. The number of aromatic hydroxyl groups is 4. The number of carbonyl (C=O) groups excluding carboxylic acids is 2. The van der Waals surface area contributed by atoms with E-state index < -0.39 is 23.8 Å². The summed E-state index contributed by atoms with van der Waals surface area (Å²) in [6, 6.07) is 7.92. The second-order valence-corrected chi connectivity index (χ2v) is 8.45. The number of para-hydroxylation sites is 2. The number of ether oxygens (including phenoxy) is 1. The summed E-state index contributed by atoms with van der Waals surface area (Å²) in [5.41, 5.74) is 0.254. The van der Waals surface area contributed by atoms with E-state index in [0.29, 0.717) is 26.2 Å². The number of nitrogens with one attached hydrogen (secondary N) is 4. The summed E-state index contributed by atoms with van der Waals surface area (Å²) in [4.78, 5) is 28.8. The molecule has 3 rings (SSSR count). The van der Waals surface area contributed by atoms with Gasteiger partial charge in [0, 0.05) is 26.2 Å². The summed E-state index contributed by atoms with van der Waals surface area (Å²) in [6.45, 7) is 5.07. The second-order valence-electron chi connectivity index (χ2n) is 8.45. The van der Waals surface area contributed by atoms with Crippen molar-refractivity contribution in [1.29, 1.82) is 0 Å². The number of carbonyl (C=O) groups is 2. The largest absolute Gasteiger partial charge is 0.504 e. The lowest BCUT2D eigenvalue weighted by Crippen LogP contribution is -2.41. The van der Waals surface area contributed by atoms with Crippen molar-refractivity contribution in [2.75, 3.05) is 39.3 Å². The van der Waals surface area contributed by atoms with E-state index in [1.54, 1.807) is 19.1 Å². The van der Waals surface area contributed by atoms with Gasteiger partial charge in [0.05, 0.1) is 11.1 Å². The van der Waals surface area contributed by atoms with E-state index in [0.717, 1.165) is 19.5 Å². The lowest BCUT2D eigenvalue weighted by atomic mass is 10.1. The molecule has 0 aliphatic carbocycles. The quantitative estimate of drug-likeness (QED) is 0.136. The predicted molar refractivity (Wildman–Crippen MR) is 136 cm³/mol. The molecule has 2 aromatic carbocycles. The maximum Gasteiger partial charge on any atom is 0.255 e. The molecule has 2 amide bonds. The first-order valence-corrected chi connectivity index (χ1v) is 12.0. The minimum absolute atomic E-state index is 0.0224. The highest BCUT2D eigenvalue weighted by Crippen LogP contribution is 2.31. The van der Waals surface area contributed by atoms with Crippen molar-refractivity contribution in [1.82, 2.24) is 21.3 Å². The van der Waals surface area contributed by atoms with Gasteiger partial charge in [-0.3, -0.25) is 9.59 Å². The van der Waals surface area contributed by atoms with Crippen LogP contribution in [0.3, 0.4) is 0 Å². The molecule has 8 N–H and O–H groups in total. The minimum atomic E-state index is -0.752. The van der Waals surface area contributed by atoms with Gasteiger partial charge < -0.3 is 46.4 Å². The standard InChI is InChI=1S/C25H33N5O7/c1-15-20(30-25(37-15)17-6-3-8-19(32)22(17)34)24(36)29-14-12-27-10-4-9-26-11-13-28-23(35)16-5-2-7-18(31)21(16)33/h2-3,5-8,15,20,26-27,31-34H,4,9-14H2,1H3,(H,28,35)(H,29,36). The minimum Gasteiger partial charge on any atom is -0.504 e. The molecule has 0 saturated carbocycles. The normalized spacial score (nSPS) is 16.6. The molecule has 0 spiro atoms. The number of amides is 2. The Morgan fingerprint density at radius 2 is 1.46 bits per heavy atom. The number of aliphatic imine (C=N–C) groups is 1. The van der Waals surface area contributed by atoms with Crippen LogP contribution in [0.15, 0.2) is 41.4 Å². The molecular weight excluding hydrogens is 482 g/mol. The average molecular weight is 516 g/mol. The monoisotopic (exact) mass is 515 g/mol. The fourth-order valence-corrected chi connectivity index (χ4v) is 3.65. The Balaban J connectivity index is 1.24. The molecule has 1 aliphatic rings. The summed E-state index contributed by atoms with van der Waals surface area (Å²) < 4.78 is 5.61. The van der Waals surface area contributed by atoms with Crippen LogP contribution >= 0.6 is 0 Å². The molecule has 0 fully saturated rings. The summed E-state index contributed by atoms with van der Waals surface area (Å²) in [5.74, 6) is -2.04. The maximum atomic E-state index is 12.5. The van der Waals surface area contributed by atoms with E-state index in [2.05, 4.69) is 26.3 Å². The van der Waals surface area contributed by atoms with Crippen LogP contribution in [0.2, 0.25) is 0 Å². The van der Waals surface area contributed by atoms with Crippen molar-refractivity contribution in [2.45, 2.75) is 25.5 Å². The molecule has 200 valence electrons. The summed E-state index contributed by atoms with van der Waals surface area (Å²) in [6.07, 6.45) is 0.329. The van der Waals surface area contributed by atoms with Crippen LogP contribution in [0.4, 0.5) is 0 Å². The Labute approximate surface area is 214 Å². The molecule has 2 atom stereocenters. The molecule has 12 nitrogen and oxygen atoms in total. The highest BCUT2D eigenvalue weighted by atomic mass is 16.5. The first-order valence-electron chi connectivity index (χ1n) is 12.0. The van der Waals surface area contributed by atoms with Crippen LogP contribution in [-0.4, -0.2) is 89.6 Å². The van der Waals surface area contributed by atoms with E-state index in [-0.39, 0.29) is 40.2 Å². The van der Waals surface area contributed by atoms with Gasteiger partial charge >= 0.3 is 0 Å². The average Bonchev–Trinajstić information content (AvgIpc) is 3.26. The van der Waals surface area contributed by atoms with Crippen molar-refractivity contribution in [3.8, 4) is 23.0 Å². The zero-order valence-electron chi connectivity index (χ0n) is 20.5.